The smallest absolute Gasteiger partial charge is 0.249 e. The van der Waals surface area contributed by atoms with Crippen molar-refractivity contribution in [2.75, 3.05) is 10.0 Å². The third kappa shape index (κ3) is 4.45. The van der Waals surface area contributed by atoms with E-state index in [1.54, 1.807) is 53.2 Å². The van der Waals surface area contributed by atoms with Crippen LogP contribution in [0.5, 0.6) is 0 Å². The molecule has 3 heterocycles. The number of fused-ring (bicyclic) bond motifs is 1. The highest BCUT2D eigenvalue weighted by atomic mass is 32.2. The van der Waals surface area contributed by atoms with E-state index in [0.29, 0.717) is 16.9 Å². The summed E-state index contributed by atoms with van der Waals surface area (Å²) in [5.74, 6) is 0.352. The molecule has 3 aromatic heterocycles. The lowest BCUT2D eigenvalue weighted by Gasteiger charge is -2.09. The van der Waals surface area contributed by atoms with E-state index in [2.05, 4.69) is 25.1 Å². The quantitative estimate of drug-likeness (QED) is 0.449. The van der Waals surface area contributed by atoms with Crippen LogP contribution >= 0.6 is 0 Å². The number of aromatic nitrogens is 4. The Bertz CT molecular complexity index is 1380. The molecule has 1 aliphatic rings. The summed E-state index contributed by atoms with van der Waals surface area (Å²) in [6, 6.07) is 17.8. The maximum Gasteiger partial charge on any atom is 0.249 e. The van der Waals surface area contributed by atoms with E-state index in [1.807, 2.05) is 18.2 Å². The Kier molecular flexibility index (Phi) is 5.06. The van der Waals surface area contributed by atoms with Crippen molar-refractivity contribution in [3.8, 4) is 11.3 Å². The molecular formula is C22H20N6O3S. The summed E-state index contributed by atoms with van der Waals surface area (Å²) in [5, 5.41) is 7.15. The number of amides is 1. The zero-order chi connectivity index (χ0) is 22.1. The molecule has 162 valence electrons. The van der Waals surface area contributed by atoms with E-state index in [0.717, 1.165) is 18.4 Å². The van der Waals surface area contributed by atoms with Gasteiger partial charge in [0.1, 0.15) is 5.82 Å². The molecule has 0 aliphatic heterocycles. The number of nitrogens with one attached hydrogen (secondary N) is 2. The van der Waals surface area contributed by atoms with Gasteiger partial charge in [-0.2, -0.15) is 4.98 Å². The van der Waals surface area contributed by atoms with Crippen LogP contribution in [0.3, 0.4) is 0 Å². The van der Waals surface area contributed by atoms with Crippen LogP contribution in [0.2, 0.25) is 0 Å². The van der Waals surface area contributed by atoms with Gasteiger partial charge >= 0.3 is 0 Å². The van der Waals surface area contributed by atoms with Crippen LogP contribution in [0.4, 0.5) is 11.8 Å². The first kappa shape index (κ1) is 20.1. The standard InChI is InChI=1S/C22H20N6O3S/c29-21(16-9-10-16)25-22-24-20-8-4-7-18(28(20)26-22)17-11-12-19(23-13-17)27-32(30,31)14-15-5-2-1-3-6-15/h1-8,11-13,16H,9-10,14H2,(H,23,27)(H,25,26,29). The number of sulfonamides is 1. The van der Waals surface area contributed by atoms with E-state index in [4.69, 9.17) is 0 Å². The van der Waals surface area contributed by atoms with Gasteiger partial charge in [-0.3, -0.25) is 14.8 Å². The summed E-state index contributed by atoms with van der Waals surface area (Å²) < 4.78 is 29.0. The second-order valence-corrected chi connectivity index (χ2v) is 9.38. The van der Waals surface area contributed by atoms with Gasteiger partial charge in [0.25, 0.3) is 0 Å². The van der Waals surface area contributed by atoms with Gasteiger partial charge in [0, 0.05) is 17.7 Å². The van der Waals surface area contributed by atoms with Crippen molar-refractivity contribution < 1.29 is 13.2 Å². The Morgan fingerprint density at radius 3 is 2.56 bits per heavy atom. The van der Waals surface area contributed by atoms with Gasteiger partial charge in [0.15, 0.2) is 5.65 Å². The number of anilines is 2. The van der Waals surface area contributed by atoms with Crippen molar-refractivity contribution in [3.63, 3.8) is 0 Å². The molecule has 0 bridgehead atoms. The van der Waals surface area contributed by atoms with E-state index in [-0.39, 0.29) is 29.3 Å². The lowest BCUT2D eigenvalue weighted by atomic mass is 10.2. The highest BCUT2D eigenvalue weighted by Crippen LogP contribution is 2.30. The molecule has 0 atom stereocenters. The van der Waals surface area contributed by atoms with Crippen LogP contribution in [0.1, 0.15) is 18.4 Å². The van der Waals surface area contributed by atoms with E-state index < -0.39 is 10.0 Å². The number of nitrogens with zero attached hydrogens (tertiary/aromatic N) is 4. The predicted octanol–water partition coefficient (Wildman–Crippen LogP) is 3.08. The number of hydrogen-bond acceptors (Lipinski definition) is 6. The molecule has 1 amide bonds. The van der Waals surface area contributed by atoms with Crippen molar-refractivity contribution in [3.05, 3.63) is 72.4 Å². The lowest BCUT2D eigenvalue weighted by Crippen LogP contribution is -2.15. The van der Waals surface area contributed by atoms with Crippen molar-refractivity contribution in [1.29, 1.82) is 0 Å². The Hall–Kier alpha value is -3.79. The van der Waals surface area contributed by atoms with Crippen LogP contribution in [-0.4, -0.2) is 33.9 Å². The number of carbonyl (C=O) groups excluding carboxylic acids is 1. The maximum absolute atomic E-state index is 12.4. The van der Waals surface area contributed by atoms with Gasteiger partial charge < -0.3 is 0 Å². The first-order chi connectivity index (χ1) is 15.5. The highest BCUT2D eigenvalue weighted by molar-refractivity contribution is 7.91. The van der Waals surface area contributed by atoms with Gasteiger partial charge in [0.2, 0.25) is 21.9 Å². The van der Waals surface area contributed by atoms with Crippen molar-refractivity contribution >= 4 is 33.3 Å². The molecule has 0 saturated heterocycles. The third-order valence-corrected chi connectivity index (χ3v) is 6.30. The molecule has 4 aromatic rings. The minimum absolute atomic E-state index is 0.0588. The highest BCUT2D eigenvalue weighted by Gasteiger charge is 2.30. The number of hydrogen-bond donors (Lipinski definition) is 2. The molecule has 1 saturated carbocycles. The molecule has 5 rings (SSSR count). The second kappa shape index (κ2) is 8.04. The molecule has 2 N–H and O–H groups in total. The van der Waals surface area contributed by atoms with Crippen molar-refractivity contribution in [1.82, 2.24) is 19.6 Å². The average molecular weight is 449 g/mol. The molecule has 1 aliphatic carbocycles. The molecule has 9 nitrogen and oxygen atoms in total. The largest absolute Gasteiger partial charge is 0.293 e. The van der Waals surface area contributed by atoms with E-state index >= 15 is 0 Å². The summed E-state index contributed by atoms with van der Waals surface area (Å²) in [4.78, 5) is 20.6. The number of rotatable bonds is 7. The normalized spacial score (nSPS) is 13.8. The van der Waals surface area contributed by atoms with Crippen LogP contribution < -0.4 is 10.0 Å². The third-order valence-electron chi connectivity index (χ3n) is 5.06. The molecule has 1 fully saturated rings. The number of benzene rings is 1. The Balaban J connectivity index is 1.35. The summed E-state index contributed by atoms with van der Waals surface area (Å²) in [6.45, 7) is 0. The summed E-state index contributed by atoms with van der Waals surface area (Å²) in [5.41, 5.74) is 2.72. The van der Waals surface area contributed by atoms with Crippen LogP contribution in [0.25, 0.3) is 16.9 Å². The topological polar surface area (TPSA) is 118 Å². The molecule has 32 heavy (non-hydrogen) atoms. The molecule has 0 spiro atoms. The minimum Gasteiger partial charge on any atom is -0.293 e. The van der Waals surface area contributed by atoms with Gasteiger partial charge in [-0.05, 0) is 42.7 Å². The molecule has 0 radical (unpaired) electrons. The van der Waals surface area contributed by atoms with Crippen LogP contribution in [-0.2, 0) is 20.6 Å². The zero-order valence-electron chi connectivity index (χ0n) is 17.0. The fraction of sp³-hybridized carbons (Fsp3) is 0.182. The first-order valence-corrected chi connectivity index (χ1v) is 11.8. The molecule has 1 aromatic carbocycles. The molecular weight excluding hydrogens is 428 g/mol. The lowest BCUT2D eigenvalue weighted by molar-refractivity contribution is -0.117. The fourth-order valence-electron chi connectivity index (χ4n) is 3.33. The van der Waals surface area contributed by atoms with Crippen LogP contribution in [0.15, 0.2) is 66.9 Å². The van der Waals surface area contributed by atoms with Gasteiger partial charge in [-0.15, -0.1) is 5.10 Å². The monoisotopic (exact) mass is 448 g/mol. The second-order valence-electron chi connectivity index (χ2n) is 7.66. The molecule has 10 heteroatoms. The van der Waals surface area contributed by atoms with Crippen LogP contribution in [0, 0.1) is 5.92 Å². The van der Waals surface area contributed by atoms with E-state index in [1.165, 1.54) is 0 Å². The predicted molar refractivity (Wildman–Crippen MR) is 120 cm³/mol. The molecule has 0 unspecified atom stereocenters. The van der Waals surface area contributed by atoms with Gasteiger partial charge in [-0.25, -0.2) is 17.9 Å². The summed E-state index contributed by atoms with van der Waals surface area (Å²) in [7, 11) is -3.59. The van der Waals surface area contributed by atoms with Gasteiger partial charge in [0.05, 0.1) is 11.4 Å². The minimum atomic E-state index is -3.59. The summed E-state index contributed by atoms with van der Waals surface area (Å²) >= 11 is 0. The maximum atomic E-state index is 12.4. The fourth-order valence-corrected chi connectivity index (χ4v) is 4.47. The Morgan fingerprint density at radius 1 is 1.03 bits per heavy atom. The number of pyridine rings is 2. The number of carbonyl (C=O) groups is 1. The van der Waals surface area contributed by atoms with Crippen molar-refractivity contribution in [2.24, 2.45) is 5.92 Å². The average Bonchev–Trinajstić information content (AvgIpc) is 3.54. The first-order valence-electron chi connectivity index (χ1n) is 10.1. The van der Waals surface area contributed by atoms with E-state index in [9.17, 15) is 13.2 Å². The SMILES string of the molecule is O=C(Nc1nc2cccc(-c3ccc(NS(=O)(=O)Cc4ccccc4)nc3)n2n1)C1CC1. The van der Waals surface area contributed by atoms with Gasteiger partial charge in [-0.1, -0.05) is 36.4 Å². The van der Waals surface area contributed by atoms with Crippen molar-refractivity contribution in [2.45, 2.75) is 18.6 Å². The Labute approximate surface area is 184 Å². The summed E-state index contributed by atoms with van der Waals surface area (Å²) in [6.07, 6.45) is 3.37. The Morgan fingerprint density at radius 2 is 1.84 bits per heavy atom. The zero-order valence-corrected chi connectivity index (χ0v) is 17.8.